The van der Waals surface area contributed by atoms with Gasteiger partial charge in [0.1, 0.15) is 0 Å². The molecule has 16 heavy (non-hydrogen) atoms. The topological polar surface area (TPSA) is 32.9 Å². The normalized spacial score (nSPS) is 12.2. The number of hydrogen-bond donors (Lipinski definition) is 1. The van der Waals surface area contributed by atoms with Gasteiger partial charge in [-0.05, 0) is 0 Å². The van der Waals surface area contributed by atoms with E-state index in [1.165, 1.54) is 0 Å². The van der Waals surface area contributed by atoms with E-state index in [1.807, 2.05) is 4.98 Å². The fourth-order valence-electron chi connectivity index (χ4n) is 1.24. The molecule has 2 nitrogen and oxygen atoms in total. The Balaban J connectivity index is 3.58. The Kier molecular flexibility index (Phi) is 3.72. The summed E-state index contributed by atoms with van der Waals surface area (Å²) in [5.41, 5.74) is -4.38. The number of aromatic amines is 1. The van der Waals surface area contributed by atoms with Crippen molar-refractivity contribution in [2.45, 2.75) is 17.9 Å². The van der Waals surface area contributed by atoms with Gasteiger partial charge in [0.2, 0.25) is 5.56 Å². The van der Waals surface area contributed by atoms with Gasteiger partial charge >= 0.3 is 6.18 Å². The van der Waals surface area contributed by atoms with E-state index in [-0.39, 0.29) is 11.4 Å². The van der Waals surface area contributed by atoms with Crippen molar-refractivity contribution in [1.29, 1.82) is 0 Å². The van der Waals surface area contributed by atoms with Gasteiger partial charge in [-0.15, -0.1) is 0 Å². The first-order chi connectivity index (χ1) is 7.27. The van der Waals surface area contributed by atoms with E-state index in [2.05, 4.69) is 15.9 Å². The molecule has 0 atom stereocenters. The maximum Gasteiger partial charge on any atom is 0.418 e. The molecule has 0 aromatic carbocycles. The van der Waals surface area contributed by atoms with E-state index in [1.54, 1.807) is 0 Å². The van der Waals surface area contributed by atoms with Crippen LogP contribution in [0.1, 0.15) is 23.2 Å². The molecular weight excluding hydrogens is 301 g/mol. The van der Waals surface area contributed by atoms with Crippen LogP contribution in [-0.2, 0) is 11.5 Å². The third kappa shape index (κ3) is 2.60. The lowest BCUT2D eigenvalue weighted by Crippen LogP contribution is -2.20. The number of alkyl halides is 6. The zero-order chi connectivity index (χ0) is 12.5. The van der Waals surface area contributed by atoms with Gasteiger partial charge in [0.15, 0.2) is 0 Å². The Morgan fingerprint density at radius 2 is 1.94 bits per heavy atom. The molecule has 1 aromatic rings. The molecule has 0 bridgehead atoms. The molecule has 0 saturated heterocycles. The minimum atomic E-state index is -4.93. The first kappa shape index (κ1) is 13.1. The van der Waals surface area contributed by atoms with Crippen molar-refractivity contribution < 1.29 is 22.0 Å². The molecule has 0 saturated carbocycles. The zero-order valence-corrected chi connectivity index (χ0v) is 9.12. The molecule has 0 fully saturated rings. The number of aromatic nitrogens is 1. The Bertz CT molecular complexity index is 439. The standard InChI is InChI=1S/C8H5BrF5NO/c9-2-4-6(8(12,13)14)3(7(10)11)1-5(16)15-4/h1,7H,2H2,(H,15,16). The molecule has 1 aromatic heterocycles. The molecule has 0 spiro atoms. The van der Waals surface area contributed by atoms with Crippen LogP contribution in [0.25, 0.3) is 0 Å². The van der Waals surface area contributed by atoms with E-state index in [0.717, 1.165) is 0 Å². The molecule has 0 aliphatic heterocycles. The highest BCUT2D eigenvalue weighted by molar-refractivity contribution is 9.08. The van der Waals surface area contributed by atoms with Crippen LogP contribution >= 0.6 is 15.9 Å². The quantitative estimate of drug-likeness (QED) is 0.660. The van der Waals surface area contributed by atoms with Crippen LogP contribution in [0, 0.1) is 0 Å². The van der Waals surface area contributed by atoms with Gasteiger partial charge < -0.3 is 4.98 Å². The minimum Gasteiger partial charge on any atom is -0.325 e. The molecule has 0 amide bonds. The van der Waals surface area contributed by atoms with Gasteiger partial charge in [0.05, 0.1) is 5.56 Å². The second-order valence-corrected chi connectivity index (χ2v) is 3.44. The number of halogens is 6. The van der Waals surface area contributed by atoms with Gasteiger partial charge in [0.25, 0.3) is 6.43 Å². The Labute approximate surface area is 94.6 Å². The molecule has 1 heterocycles. The molecule has 1 N–H and O–H groups in total. The van der Waals surface area contributed by atoms with Gasteiger partial charge in [-0.25, -0.2) is 8.78 Å². The number of pyridine rings is 1. The lowest BCUT2D eigenvalue weighted by Gasteiger charge is -2.15. The fourth-order valence-corrected chi connectivity index (χ4v) is 1.66. The van der Waals surface area contributed by atoms with Crippen molar-refractivity contribution in [2.24, 2.45) is 0 Å². The highest BCUT2D eigenvalue weighted by atomic mass is 79.9. The fraction of sp³-hybridized carbons (Fsp3) is 0.375. The summed E-state index contributed by atoms with van der Waals surface area (Å²) in [6.45, 7) is 0. The second-order valence-electron chi connectivity index (χ2n) is 2.87. The Morgan fingerprint density at radius 1 is 1.38 bits per heavy atom. The van der Waals surface area contributed by atoms with Crippen molar-refractivity contribution in [3.63, 3.8) is 0 Å². The van der Waals surface area contributed by atoms with Gasteiger partial charge in [-0.1, -0.05) is 15.9 Å². The van der Waals surface area contributed by atoms with Crippen LogP contribution in [0.2, 0.25) is 0 Å². The number of H-pyrrole nitrogens is 1. The predicted octanol–water partition coefficient (Wildman–Crippen LogP) is 3.23. The molecular formula is C8H5BrF5NO. The van der Waals surface area contributed by atoms with E-state index < -0.39 is 35.0 Å². The second kappa shape index (κ2) is 4.52. The van der Waals surface area contributed by atoms with Crippen molar-refractivity contribution in [2.75, 3.05) is 0 Å². The van der Waals surface area contributed by atoms with Crippen LogP contribution < -0.4 is 5.56 Å². The molecule has 0 aliphatic carbocycles. The zero-order valence-electron chi connectivity index (χ0n) is 7.54. The predicted molar refractivity (Wildman–Crippen MR) is 49.7 cm³/mol. The number of hydrogen-bond acceptors (Lipinski definition) is 1. The summed E-state index contributed by atoms with van der Waals surface area (Å²) in [7, 11) is 0. The third-order valence-electron chi connectivity index (χ3n) is 1.80. The number of rotatable bonds is 2. The summed E-state index contributed by atoms with van der Waals surface area (Å²) < 4.78 is 62.3. The summed E-state index contributed by atoms with van der Waals surface area (Å²) >= 11 is 2.70. The summed E-state index contributed by atoms with van der Waals surface area (Å²) in [5.74, 6) is 0. The highest BCUT2D eigenvalue weighted by Gasteiger charge is 2.38. The minimum absolute atomic E-state index is 0.264. The van der Waals surface area contributed by atoms with Crippen LogP contribution in [0.15, 0.2) is 10.9 Å². The molecule has 90 valence electrons. The van der Waals surface area contributed by atoms with E-state index >= 15 is 0 Å². The summed E-state index contributed by atoms with van der Waals surface area (Å²) in [5, 5.41) is -0.363. The number of nitrogens with one attached hydrogen (secondary N) is 1. The van der Waals surface area contributed by atoms with Gasteiger partial charge in [0, 0.05) is 22.7 Å². The van der Waals surface area contributed by atoms with Crippen LogP contribution in [-0.4, -0.2) is 4.98 Å². The Hall–Kier alpha value is -0.920. The van der Waals surface area contributed by atoms with Gasteiger partial charge in [-0.2, -0.15) is 13.2 Å². The first-order valence-corrected chi connectivity index (χ1v) is 5.07. The van der Waals surface area contributed by atoms with Crippen molar-refractivity contribution in [3.05, 3.63) is 33.2 Å². The van der Waals surface area contributed by atoms with E-state index in [0.29, 0.717) is 0 Å². The molecule has 0 radical (unpaired) electrons. The third-order valence-corrected chi connectivity index (χ3v) is 2.36. The maximum atomic E-state index is 12.5. The summed E-state index contributed by atoms with van der Waals surface area (Å²) in [4.78, 5) is 12.7. The first-order valence-electron chi connectivity index (χ1n) is 3.94. The highest BCUT2D eigenvalue weighted by Crippen LogP contribution is 2.37. The molecule has 0 unspecified atom stereocenters. The van der Waals surface area contributed by atoms with Crippen LogP contribution in [0.3, 0.4) is 0 Å². The molecule has 1 rings (SSSR count). The molecule has 8 heteroatoms. The lowest BCUT2D eigenvalue weighted by molar-refractivity contribution is -0.140. The Morgan fingerprint density at radius 3 is 2.31 bits per heavy atom. The summed E-state index contributed by atoms with van der Waals surface area (Å²) in [6.07, 6.45) is -8.28. The smallest absolute Gasteiger partial charge is 0.325 e. The lowest BCUT2D eigenvalue weighted by atomic mass is 10.1. The monoisotopic (exact) mass is 305 g/mol. The van der Waals surface area contributed by atoms with Gasteiger partial charge in [-0.3, -0.25) is 4.79 Å². The van der Waals surface area contributed by atoms with Crippen LogP contribution in [0.4, 0.5) is 22.0 Å². The van der Waals surface area contributed by atoms with Crippen LogP contribution in [0.5, 0.6) is 0 Å². The van der Waals surface area contributed by atoms with Crippen molar-refractivity contribution >= 4 is 15.9 Å². The average Bonchev–Trinajstić information content (AvgIpc) is 2.14. The molecule has 0 aliphatic rings. The summed E-state index contributed by atoms with van der Waals surface area (Å²) in [6, 6.07) is 0.264. The average molecular weight is 306 g/mol. The largest absolute Gasteiger partial charge is 0.418 e. The van der Waals surface area contributed by atoms with E-state index in [4.69, 9.17) is 0 Å². The van der Waals surface area contributed by atoms with E-state index in [9.17, 15) is 26.7 Å². The SMILES string of the molecule is O=c1cc(C(F)F)c(C(F)(F)F)c(CBr)[nH]1. The maximum absolute atomic E-state index is 12.5. The van der Waals surface area contributed by atoms with Crippen molar-refractivity contribution in [3.8, 4) is 0 Å². The van der Waals surface area contributed by atoms with Crippen molar-refractivity contribution in [1.82, 2.24) is 4.98 Å².